The summed E-state index contributed by atoms with van der Waals surface area (Å²) in [7, 11) is 0. The third-order valence-corrected chi connectivity index (χ3v) is 4.37. The molecule has 14 heavy (non-hydrogen) atoms. The van der Waals surface area contributed by atoms with Crippen LogP contribution in [0.3, 0.4) is 0 Å². The Balaban J connectivity index is 1.69. The molecule has 0 aromatic carbocycles. The summed E-state index contributed by atoms with van der Waals surface area (Å²) >= 11 is 0. The molecule has 0 aromatic heterocycles. The number of fused-ring (bicyclic) bond motifs is 5. The van der Waals surface area contributed by atoms with Crippen LogP contribution in [0.4, 0.5) is 0 Å². The van der Waals surface area contributed by atoms with Gasteiger partial charge in [0, 0.05) is 0 Å². The summed E-state index contributed by atoms with van der Waals surface area (Å²) in [5.74, 6) is 3.60. The smallest absolute Gasteiger partial charge is 0.0648 e. The molecule has 1 heteroatoms. The van der Waals surface area contributed by atoms with Crippen LogP contribution in [0.5, 0.6) is 0 Å². The number of hydrogen-bond acceptors (Lipinski definition) is 1. The van der Waals surface area contributed by atoms with Gasteiger partial charge in [0.1, 0.15) is 0 Å². The van der Waals surface area contributed by atoms with Crippen molar-refractivity contribution in [2.24, 2.45) is 23.7 Å². The summed E-state index contributed by atoms with van der Waals surface area (Å²) in [6.07, 6.45) is 11.3. The van der Waals surface area contributed by atoms with E-state index in [0.29, 0.717) is 6.10 Å². The van der Waals surface area contributed by atoms with E-state index < -0.39 is 0 Å². The molecular formula is C13H18O. The molecule has 0 aliphatic heterocycles. The maximum atomic E-state index is 5.85. The van der Waals surface area contributed by atoms with Crippen LogP contribution in [0.1, 0.15) is 19.3 Å². The Labute approximate surface area is 85.8 Å². The Hall–Kier alpha value is -0.560. The predicted octanol–water partition coefficient (Wildman–Crippen LogP) is 2.79. The van der Waals surface area contributed by atoms with E-state index in [1.807, 2.05) is 6.08 Å². The highest BCUT2D eigenvalue weighted by Crippen LogP contribution is 2.57. The van der Waals surface area contributed by atoms with Gasteiger partial charge in [0.05, 0.1) is 12.7 Å². The van der Waals surface area contributed by atoms with Crippen molar-refractivity contribution in [2.75, 3.05) is 6.61 Å². The largest absolute Gasteiger partial charge is 0.374 e. The van der Waals surface area contributed by atoms with E-state index in [1.165, 1.54) is 19.3 Å². The lowest BCUT2D eigenvalue weighted by Crippen LogP contribution is -2.30. The first kappa shape index (κ1) is 8.72. The zero-order valence-corrected chi connectivity index (χ0v) is 8.56. The highest BCUT2D eigenvalue weighted by molar-refractivity contribution is 5.14. The number of ether oxygens (including phenoxy) is 1. The van der Waals surface area contributed by atoms with E-state index in [4.69, 9.17) is 4.74 Å². The van der Waals surface area contributed by atoms with Crippen LogP contribution in [0.15, 0.2) is 24.8 Å². The second-order valence-corrected chi connectivity index (χ2v) is 4.96. The zero-order chi connectivity index (χ0) is 9.54. The van der Waals surface area contributed by atoms with Gasteiger partial charge in [-0.3, -0.25) is 0 Å². The van der Waals surface area contributed by atoms with E-state index >= 15 is 0 Å². The van der Waals surface area contributed by atoms with Gasteiger partial charge in [-0.25, -0.2) is 0 Å². The second kappa shape index (κ2) is 3.23. The summed E-state index contributed by atoms with van der Waals surface area (Å²) in [4.78, 5) is 0. The van der Waals surface area contributed by atoms with Gasteiger partial charge >= 0.3 is 0 Å². The maximum absolute atomic E-state index is 5.85. The molecule has 0 saturated heterocycles. The first-order valence-corrected chi connectivity index (χ1v) is 5.79. The topological polar surface area (TPSA) is 9.23 Å². The van der Waals surface area contributed by atoms with Gasteiger partial charge in [0.25, 0.3) is 0 Å². The lowest BCUT2D eigenvalue weighted by molar-refractivity contribution is 0.00693. The number of allylic oxidation sites excluding steroid dienone is 2. The summed E-state index contributed by atoms with van der Waals surface area (Å²) in [5.41, 5.74) is 0. The molecule has 3 aliphatic rings. The Morgan fingerprint density at radius 3 is 3.14 bits per heavy atom. The molecule has 5 atom stereocenters. The summed E-state index contributed by atoms with van der Waals surface area (Å²) < 4.78 is 5.85. The van der Waals surface area contributed by atoms with Gasteiger partial charge in [-0.2, -0.15) is 0 Å². The van der Waals surface area contributed by atoms with Gasteiger partial charge in [-0.1, -0.05) is 18.2 Å². The van der Waals surface area contributed by atoms with Gasteiger partial charge in [-0.05, 0) is 42.9 Å². The molecule has 0 heterocycles. The number of rotatable bonds is 3. The summed E-state index contributed by atoms with van der Waals surface area (Å²) in [6.45, 7) is 4.45. The molecule has 2 bridgehead atoms. The third-order valence-electron chi connectivity index (χ3n) is 4.37. The quantitative estimate of drug-likeness (QED) is 0.622. The van der Waals surface area contributed by atoms with E-state index in [0.717, 1.165) is 30.3 Å². The monoisotopic (exact) mass is 190 g/mol. The Kier molecular flexibility index (Phi) is 2.01. The average Bonchev–Trinajstić information content (AvgIpc) is 2.85. The summed E-state index contributed by atoms with van der Waals surface area (Å²) in [6, 6.07) is 0. The highest BCUT2D eigenvalue weighted by atomic mass is 16.5. The van der Waals surface area contributed by atoms with Crippen LogP contribution in [-0.4, -0.2) is 12.7 Å². The maximum Gasteiger partial charge on any atom is 0.0648 e. The second-order valence-electron chi connectivity index (χ2n) is 4.96. The van der Waals surface area contributed by atoms with E-state index in [-0.39, 0.29) is 0 Å². The normalized spacial score (nSPS) is 48.4. The SMILES string of the molecule is C=CCO[C@@H]1C[C@H]2C[C@H]1[C@H]1CC=C[C@@H]21. The van der Waals surface area contributed by atoms with Crippen LogP contribution in [0.25, 0.3) is 0 Å². The third kappa shape index (κ3) is 1.12. The number of hydrogen-bond donors (Lipinski definition) is 0. The Morgan fingerprint density at radius 1 is 1.36 bits per heavy atom. The first-order chi connectivity index (χ1) is 6.90. The molecule has 2 saturated carbocycles. The van der Waals surface area contributed by atoms with Gasteiger partial charge in [0.2, 0.25) is 0 Å². The van der Waals surface area contributed by atoms with Crippen molar-refractivity contribution < 1.29 is 4.74 Å². The molecule has 0 amide bonds. The molecule has 0 N–H and O–H groups in total. The Morgan fingerprint density at radius 2 is 2.29 bits per heavy atom. The van der Waals surface area contributed by atoms with Crippen molar-refractivity contribution in [1.82, 2.24) is 0 Å². The molecule has 3 rings (SSSR count). The molecule has 2 fully saturated rings. The lowest BCUT2D eigenvalue weighted by atomic mass is 9.80. The lowest BCUT2D eigenvalue weighted by Gasteiger charge is -2.31. The molecule has 3 aliphatic carbocycles. The molecule has 0 aromatic rings. The molecule has 0 spiro atoms. The fourth-order valence-corrected chi connectivity index (χ4v) is 3.88. The van der Waals surface area contributed by atoms with Crippen molar-refractivity contribution >= 4 is 0 Å². The highest BCUT2D eigenvalue weighted by Gasteiger charge is 2.52. The van der Waals surface area contributed by atoms with Crippen LogP contribution in [-0.2, 0) is 4.74 Å². The summed E-state index contributed by atoms with van der Waals surface area (Å²) in [5, 5.41) is 0. The molecule has 0 radical (unpaired) electrons. The Bertz CT molecular complexity index is 268. The van der Waals surface area contributed by atoms with Crippen molar-refractivity contribution in [3.05, 3.63) is 24.8 Å². The standard InChI is InChI=1S/C13H18O/c1-2-6-14-13-8-9-7-12(13)11-5-3-4-10(9)11/h2-4,9-13H,1,5-8H2/t9-,10+,11+,12+,13-/m1/s1. The van der Waals surface area contributed by atoms with Crippen molar-refractivity contribution in [1.29, 1.82) is 0 Å². The van der Waals surface area contributed by atoms with Crippen LogP contribution in [0, 0.1) is 23.7 Å². The van der Waals surface area contributed by atoms with Crippen molar-refractivity contribution in [2.45, 2.75) is 25.4 Å². The molecule has 76 valence electrons. The average molecular weight is 190 g/mol. The minimum atomic E-state index is 0.541. The van der Waals surface area contributed by atoms with E-state index in [9.17, 15) is 0 Å². The zero-order valence-electron chi connectivity index (χ0n) is 8.56. The molecule has 0 unspecified atom stereocenters. The molecular weight excluding hydrogens is 172 g/mol. The van der Waals surface area contributed by atoms with Gasteiger partial charge in [0.15, 0.2) is 0 Å². The molecule has 1 nitrogen and oxygen atoms in total. The van der Waals surface area contributed by atoms with Gasteiger partial charge < -0.3 is 4.74 Å². The fraction of sp³-hybridized carbons (Fsp3) is 0.692. The van der Waals surface area contributed by atoms with Gasteiger partial charge in [-0.15, -0.1) is 6.58 Å². The van der Waals surface area contributed by atoms with Crippen LogP contribution >= 0.6 is 0 Å². The predicted molar refractivity (Wildman–Crippen MR) is 56.9 cm³/mol. The van der Waals surface area contributed by atoms with Crippen molar-refractivity contribution in [3.8, 4) is 0 Å². The van der Waals surface area contributed by atoms with Crippen molar-refractivity contribution in [3.63, 3.8) is 0 Å². The van der Waals surface area contributed by atoms with Crippen LogP contribution < -0.4 is 0 Å². The first-order valence-electron chi connectivity index (χ1n) is 5.79. The fourth-order valence-electron chi connectivity index (χ4n) is 3.88. The van der Waals surface area contributed by atoms with E-state index in [2.05, 4.69) is 18.7 Å². The minimum absolute atomic E-state index is 0.541. The van der Waals surface area contributed by atoms with E-state index in [1.54, 1.807) is 0 Å². The van der Waals surface area contributed by atoms with Crippen LogP contribution in [0.2, 0.25) is 0 Å². The minimum Gasteiger partial charge on any atom is -0.374 e.